The van der Waals surface area contributed by atoms with Crippen molar-refractivity contribution in [2.45, 2.75) is 63.8 Å². The minimum Gasteiger partial charge on any atom is -0.391 e. The van der Waals surface area contributed by atoms with Gasteiger partial charge in [0.1, 0.15) is 5.82 Å². The Morgan fingerprint density at radius 1 is 1.27 bits per heavy atom. The largest absolute Gasteiger partial charge is 0.391 e. The Labute approximate surface area is 131 Å². The van der Waals surface area contributed by atoms with Gasteiger partial charge in [-0.25, -0.2) is 4.98 Å². The monoisotopic (exact) mass is 299 g/mol. The fourth-order valence-corrected chi connectivity index (χ4v) is 4.62. The van der Waals surface area contributed by atoms with Crippen molar-refractivity contribution >= 4 is 11.0 Å². The van der Waals surface area contributed by atoms with Crippen LogP contribution in [0.1, 0.15) is 44.9 Å². The van der Waals surface area contributed by atoms with Gasteiger partial charge in [-0.3, -0.25) is 4.90 Å². The van der Waals surface area contributed by atoms with Crippen LogP contribution in [-0.2, 0) is 13.1 Å². The third-order valence-corrected chi connectivity index (χ3v) is 5.77. The van der Waals surface area contributed by atoms with Gasteiger partial charge in [-0.2, -0.15) is 0 Å². The van der Waals surface area contributed by atoms with E-state index in [-0.39, 0.29) is 11.6 Å². The molecule has 2 heterocycles. The second-order valence-electron chi connectivity index (χ2n) is 6.80. The molecule has 4 heteroatoms. The number of fused-ring (bicyclic) bond motifs is 1. The molecule has 1 aromatic heterocycles. The maximum absolute atomic E-state index is 10.5. The number of aromatic nitrogens is 2. The van der Waals surface area contributed by atoms with Crippen molar-refractivity contribution in [1.29, 1.82) is 0 Å². The molecule has 118 valence electrons. The van der Waals surface area contributed by atoms with Crippen LogP contribution >= 0.6 is 0 Å². The fraction of sp³-hybridized carbons (Fsp3) is 0.611. The number of hydrogen-bond donors (Lipinski definition) is 1. The standard InChI is InChI=1S/C18H25N3O/c1-2-21-15-8-4-3-7-14(15)19-17(21)13-20-12-9-16(22)18(20)10-5-6-11-18/h3-4,7-8,16,22H,2,5-6,9-13H2,1H3. The van der Waals surface area contributed by atoms with Crippen LogP contribution in [0.5, 0.6) is 0 Å². The molecule has 2 fully saturated rings. The van der Waals surface area contributed by atoms with Gasteiger partial charge >= 0.3 is 0 Å². The first-order chi connectivity index (χ1) is 10.7. The van der Waals surface area contributed by atoms with Crippen LogP contribution in [0.15, 0.2) is 24.3 Å². The smallest absolute Gasteiger partial charge is 0.124 e. The van der Waals surface area contributed by atoms with E-state index in [4.69, 9.17) is 4.98 Å². The normalized spacial score (nSPS) is 24.7. The number of hydrogen-bond acceptors (Lipinski definition) is 3. The van der Waals surface area contributed by atoms with Crippen LogP contribution in [0.4, 0.5) is 0 Å². The molecule has 0 amide bonds. The summed E-state index contributed by atoms with van der Waals surface area (Å²) in [7, 11) is 0. The molecule has 0 radical (unpaired) electrons. The molecule has 1 spiro atoms. The molecule has 2 aliphatic rings. The lowest BCUT2D eigenvalue weighted by Crippen LogP contribution is -2.48. The second-order valence-corrected chi connectivity index (χ2v) is 6.80. The third kappa shape index (κ3) is 2.01. The Balaban J connectivity index is 1.68. The van der Waals surface area contributed by atoms with E-state index in [2.05, 4.69) is 40.7 Å². The van der Waals surface area contributed by atoms with Crippen LogP contribution in [0, 0.1) is 0 Å². The molecule has 4 nitrogen and oxygen atoms in total. The molecule has 1 aromatic carbocycles. The van der Waals surface area contributed by atoms with Gasteiger partial charge in [0.05, 0.1) is 23.7 Å². The van der Waals surface area contributed by atoms with E-state index in [1.54, 1.807) is 0 Å². The number of likely N-dealkylation sites (tertiary alicyclic amines) is 1. The SMILES string of the molecule is CCn1c(CN2CCC(O)C23CCCC3)nc2ccccc21. The predicted molar refractivity (Wildman–Crippen MR) is 87.6 cm³/mol. The Morgan fingerprint density at radius 3 is 2.82 bits per heavy atom. The molecule has 4 rings (SSSR count). The summed E-state index contributed by atoms with van der Waals surface area (Å²) in [5.74, 6) is 1.14. The van der Waals surface area contributed by atoms with Gasteiger partial charge < -0.3 is 9.67 Å². The highest BCUT2D eigenvalue weighted by molar-refractivity contribution is 5.75. The Bertz CT molecular complexity index is 672. The van der Waals surface area contributed by atoms with E-state index < -0.39 is 0 Å². The number of imidazole rings is 1. The molecular formula is C18H25N3O. The number of benzene rings is 1. The lowest BCUT2D eigenvalue weighted by atomic mass is 9.91. The molecular weight excluding hydrogens is 274 g/mol. The van der Waals surface area contributed by atoms with Crippen molar-refractivity contribution in [3.05, 3.63) is 30.1 Å². The van der Waals surface area contributed by atoms with Gasteiger partial charge in [0.15, 0.2) is 0 Å². The summed E-state index contributed by atoms with van der Waals surface area (Å²) < 4.78 is 2.32. The van der Waals surface area contributed by atoms with Crippen molar-refractivity contribution in [2.24, 2.45) is 0 Å². The van der Waals surface area contributed by atoms with Crippen LogP contribution in [-0.4, -0.2) is 37.7 Å². The Hall–Kier alpha value is -1.39. The first-order valence-electron chi connectivity index (χ1n) is 8.62. The van der Waals surface area contributed by atoms with Gasteiger partial charge in [-0.05, 0) is 38.3 Å². The van der Waals surface area contributed by atoms with Crippen molar-refractivity contribution in [3.8, 4) is 0 Å². The number of rotatable bonds is 3. The lowest BCUT2D eigenvalue weighted by molar-refractivity contribution is 0.0261. The number of nitrogens with zero attached hydrogens (tertiary/aromatic N) is 3. The fourth-order valence-electron chi connectivity index (χ4n) is 4.62. The highest BCUT2D eigenvalue weighted by Crippen LogP contribution is 2.44. The summed E-state index contributed by atoms with van der Waals surface area (Å²) in [6.07, 6.45) is 5.53. The van der Waals surface area contributed by atoms with Crippen LogP contribution in [0.2, 0.25) is 0 Å². The van der Waals surface area contributed by atoms with E-state index >= 15 is 0 Å². The molecule has 1 saturated carbocycles. The quantitative estimate of drug-likeness (QED) is 0.947. The summed E-state index contributed by atoms with van der Waals surface area (Å²) >= 11 is 0. The minimum absolute atomic E-state index is 0.0245. The maximum atomic E-state index is 10.5. The second kappa shape index (κ2) is 5.36. The zero-order chi connectivity index (χ0) is 15.2. The minimum atomic E-state index is -0.158. The average Bonchev–Trinajstić information content (AvgIpc) is 3.22. The lowest BCUT2D eigenvalue weighted by Gasteiger charge is -2.37. The van der Waals surface area contributed by atoms with Crippen molar-refractivity contribution in [2.75, 3.05) is 6.54 Å². The zero-order valence-corrected chi connectivity index (χ0v) is 13.3. The molecule has 1 aliphatic heterocycles. The molecule has 1 N–H and O–H groups in total. The highest BCUT2D eigenvalue weighted by Gasteiger charge is 2.49. The molecule has 0 bridgehead atoms. The zero-order valence-electron chi connectivity index (χ0n) is 13.3. The van der Waals surface area contributed by atoms with E-state index in [1.807, 2.05) is 0 Å². The molecule has 1 saturated heterocycles. The predicted octanol–water partition coefficient (Wildman–Crippen LogP) is 2.94. The summed E-state index contributed by atoms with van der Waals surface area (Å²) in [6.45, 7) is 4.98. The number of para-hydroxylation sites is 2. The summed E-state index contributed by atoms with van der Waals surface area (Å²) in [5.41, 5.74) is 2.33. The summed E-state index contributed by atoms with van der Waals surface area (Å²) in [4.78, 5) is 7.38. The molecule has 1 unspecified atom stereocenters. The van der Waals surface area contributed by atoms with Crippen LogP contribution in [0.25, 0.3) is 11.0 Å². The highest BCUT2D eigenvalue weighted by atomic mass is 16.3. The Kier molecular flexibility index (Phi) is 3.46. The number of aliphatic hydroxyl groups is 1. The van der Waals surface area contributed by atoms with Crippen molar-refractivity contribution in [1.82, 2.24) is 14.5 Å². The topological polar surface area (TPSA) is 41.3 Å². The summed E-state index contributed by atoms with van der Waals surface area (Å²) in [5, 5.41) is 10.5. The molecule has 2 aromatic rings. The molecule has 1 aliphatic carbocycles. The first-order valence-corrected chi connectivity index (χ1v) is 8.62. The van der Waals surface area contributed by atoms with E-state index in [1.165, 1.54) is 18.4 Å². The van der Waals surface area contributed by atoms with Crippen molar-refractivity contribution in [3.63, 3.8) is 0 Å². The van der Waals surface area contributed by atoms with E-state index in [0.717, 1.165) is 50.2 Å². The average molecular weight is 299 g/mol. The van der Waals surface area contributed by atoms with Gasteiger partial charge in [0.25, 0.3) is 0 Å². The van der Waals surface area contributed by atoms with Crippen molar-refractivity contribution < 1.29 is 5.11 Å². The van der Waals surface area contributed by atoms with Crippen LogP contribution < -0.4 is 0 Å². The van der Waals surface area contributed by atoms with Crippen LogP contribution in [0.3, 0.4) is 0 Å². The van der Waals surface area contributed by atoms with Gasteiger partial charge in [-0.15, -0.1) is 0 Å². The Morgan fingerprint density at radius 2 is 2.05 bits per heavy atom. The summed E-state index contributed by atoms with van der Waals surface area (Å²) in [6, 6.07) is 8.38. The van der Waals surface area contributed by atoms with E-state index in [0.29, 0.717) is 0 Å². The first kappa shape index (κ1) is 14.2. The third-order valence-electron chi connectivity index (χ3n) is 5.77. The van der Waals surface area contributed by atoms with Gasteiger partial charge in [0.2, 0.25) is 0 Å². The van der Waals surface area contributed by atoms with Gasteiger partial charge in [0, 0.05) is 18.6 Å². The maximum Gasteiger partial charge on any atom is 0.124 e. The molecule has 1 atom stereocenters. The van der Waals surface area contributed by atoms with Gasteiger partial charge in [-0.1, -0.05) is 25.0 Å². The molecule has 22 heavy (non-hydrogen) atoms. The van der Waals surface area contributed by atoms with E-state index in [9.17, 15) is 5.11 Å². The number of aryl methyl sites for hydroxylation is 1. The number of aliphatic hydroxyl groups excluding tert-OH is 1.